The Morgan fingerprint density at radius 3 is 1.69 bits per heavy atom. The minimum absolute atomic E-state index is 0.0711. The van der Waals surface area contributed by atoms with E-state index in [1.807, 2.05) is 0 Å². The number of hydrogen-bond acceptors (Lipinski definition) is 2. The average Bonchev–Trinajstić information content (AvgIpc) is 3.54. The van der Waals surface area contributed by atoms with Gasteiger partial charge >= 0.3 is 0 Å². The molecule has 0 spiro atoms. The van der Waals surface area contributed by atoms with Crippen molar-refractivity contribution in [3.63, 3.8) is 0 Å². The standard InChI is InChI=1S/C40H36O2/c1-8-22-20-32-34(27-17-15-25(21-30(22)27)40(5,6)7)36-35-33-26-16-14-24(39(2,3)4)19-23(26)13-18-31(33)41-37(35)28-11-9-10-12-29(28)38(36)42-32/h9-21H,8H2,1-7H3. The summed E-state index contributed by atoms with van der Waals surface area (Å²) in [5.41, 5.74) is 7.88. The van der Waals surface area contributed by atoms with E-state index in [9.17, 15) is 0 Å². The van der Waals surface area contributed by atoms with Crippen LogP contribution in [0.5, 0.6) is 0 Å². The fourth-order valence-corrected chi connectivity index (χ4v) is 6.97. The van der Waals surface area contributed by atoms with Crippen LogP contribution >= 0.6 is 0 Å². The SMILES string of the molecule is CCc1cc2oc3c4ccccc4c4oc5ccc6cc(C(C)(C)C)ccc6c5c4c3c2c2ccc(C(C)(C)C)cc12. The summed E-state index contributed by atoms with van der Waals surface area (Å²) in [7, 11) is 0. The van der Waals surface area contributed by atoms with E-state index in [0.29, 0.717) is 0 Å². The van der Waals surface area contributed by atoms with Crippen molar-refractivity contribution in [2.24, 2.45) is 0 Å². The molecule has 0 radical (unpaired) electrons. The molecule has 42 heavy (non-hydrogen) atoms. The summed E-state index contributed by atoms with van der Waals surface area (Å²) in [5, 5.41) is 11.8. The zero-order valence-corrected chi connectivity index (χ0v) is 25.5. The predicted octanol–water partition coefficient (Wildman–Crippen LogP) is 12.1. The van der Waals surface area contributed by atoms with E-state index < -0.39 is 0 Å². The molecule has 0 saturated heterocycles. The molecule has 2 nitrogen and oxygen atoms in total. The highest BCUT2D eigenvalue weighted by molar-refractivity contribution is 6.39. The van der Waals surface area contributed by atoms with Crippen molar-refractivity contribution in [3.8, 4) is 0 Å². The highest BCUT2D eigenvalue weighted by atomic mass is 16.3. The van der Waals surface area contributed by atoms with Crippen LogP contribution in [0.4, 0.5) is 0 Å². The van der Waals surface area contributed by atoms with E-state index in [-0.39, 0.29) is 10.8 Å². The smallest absolute Gasteiger partial charge is 0.144 e. The van der Waals surface area contributed by atoms with Crippen LogP contribution in [0, 0.1) is 0 Å². The minimum Gasteiger partial charge on any atom is -0.455 e. The molecule has 0 atom stereocenters. The molecular weight excluding hydrogens is 512 g/mol. The molecule has 0 bridgehead atoms. The average molecular weight is 549 g/mol. The highest BCUT2D eigenvalue weighted by Gasteiger charge is 2.25. The van der Waals surface area contributed by atoms with E-state index in [0.717, 1.165) is 50.3 Å². The Balaban J connectivity index is 1.64. The summed E-state index contributed by atoms with van der Waals surface area (Å²) in [5.74, 6) is 0. The zero-order chi connectivity index (χ0) is 29.1. The van der Waals surface area contributed by atoms with Crippen molar-refractivity contribution in [1.29, 1.82) is 0 Å². The van der Waals surface area contributed by atoms with E-state index in [1.54, 1.807) is 0 Å². The van der Waals surface area contributed by atoms with Crippen LogP contribution in [-0.4, -0.2) is 0 Å². The number of benzene rings is 6. The maximum atomic E-state index is 6.87. The molecule has 6 aromatic carbocycles. The Morgan fingerprint density at radius 1 is 0.500 bits per heavy atom. The van der Waals surface area contributed by atoms with Crippen molar-refractivity contribution < 1.29 is 8.83 Å². The van der Waals surface area contributed by atoms with Crippen LogP contribution in [0.15, 0.2) is 87.7 Å². The van der Waals surface area contributed by atoms with Crippen LogP contribution in [0.2, 0.25) is 0 Å². The van der Waals surface area contributed by atoms with E-state index >= 15 is 0 Å². The summed E-state index contributed by atoms with van der Waals surface area (Å²) < 4.78 is 13.7. The van der Waals surface area contributed by atoms with Crippen molar-refractivity contribution in [3.05, 3.63) is 95.6 Å². The molecule has 0 unspecified atom stereocenters. The van der Waals surface area contributed by atoms with Gasteiger partial charge in [0.05, 0.1) is 0 Å². The fourth-order valence-electron chi connectivity index (χ4n) is 6.97. The first-order valence-corrected chi connectivity index (χ1v) is 15.2. The van der Waals surface area contributed by atoms with Gasteiger partial charge in [-0.05, 0) is 67.6 Å². The van der Waals surface area contributed by atoms with Crippen LogP contribution in [0.1, 0.15) is 65.2 Å². The summed E-state index contributed by atoms with van der Waals surface area (Å²) in [4.78, 5) is 0. The maximum absolute atomic E-state index is 6.87. The summed E-state index contributed by atoms with van der Waals surface area (Å²) in [6.07, 6.45) is 0.947. The van der Waals surface area contributed by atoms with Gasteiger partial charge < -0.3 is 8.83 Å². The third-order valence-corrected chi connectivity index (χ3v) is 9.33. The van der Waals surface area contributed by atoms with Crippen LogP contribution in [0.3, 0.4) is 0 Å². The number of hydrogen-bond donors (Lipinski definition) is 0. The van der Waals surface area contributed by atoms with Crippen molar-refractivity contribution in [1.82, 2.24) is 0 Å². The van der Waals surface area contributed by atoms with E-state index in [1.165, 1.54) is 49.0 Å². The van der Waals surface area contributed by atoms with Gasteiger partial charge in [0.1, 0.15) is 22.3 Å². The van der Waals surface area contributed by atoms with Gasteiger partial charge in [0.25, 0.3) is 0 Å². The first-order chi connectivity index (χ1) is 20.0. The Kier molecular flexibility index (Phi) is 5.07. The number of rotatable bonds is 1. The van der Waals surface area contributed by atoms with Gasteiger partial charge in [-0.2, -0.15) is 0 Å². The van der Waals surface area contributed by atoms with E-state index in [2.05, 4.69) is 127 Å². The normalized spacial score (nSPS) is 13.2. The molecule has 0 aliphatic rings. The largest absolute Gasteiger partial charge is 0.455 e. The van der Waals surface area contributed by atoms with Gasteiger partial charge in [-0.15, -0.1) is 0 Å². The lowest BCUT2D eigenvalue weighted by Crippen LogP contribution is -2.10. The number of fused-ring (bicyclic) bond motifs is 14. The Morgan fingerprint density at radius 2 is 1.07 bits per heavy atom. The minimum atomic E-state index is 0.0711. The van der Waals surface area contributed by atoms with Gasteiger partial charge in [-0.1, -0.05) is 115 Å². The molecular formula is C40H36O2. The monoisotopic (exact) mass is 548 g/mol. The second-order valence-corrected chi connectivity index (χ2v) is 14.1. The molecule has 0 saturated carbocycles. The fraction of sp³-hybridized carbons (Fsp3) is 0.250. The Labute approximate surface area is 245 Å². The van der Waals surface area contributed by atoms with Crippen LogP contribution < -0.4 is 0 Å². The second kappa shape index (κ2) is 8.38. The quantitative estimate of drug-likeness (QED) is 0.204. The highest BCUT2D eigenvalue weighted by Crippen LogP contribution is 2.49. The summed E-state index contributed by atoms with van der Waals surface area (Å²) in [6, 6.07) is 29.1. The second-order valence-electron chi connectivity index (χ2n) is 14.1. The molecule has 0 fully saturated rings. The summed E-state index contributed by atoms with van der Waals surface area (Å²) >= 11 is 0. The molecule has 8 rings (SSSR count). The van der Waals surface area contributed by atoms with Crippen molar-refractivity contribution in [2.45, 2.75) is 65.7 Å². The molecule has 8 aromatic rings. The number of aryl methyl sites for hydroxylation is 1. The van der Waals surface area contributed by atoms with Gasteiger partial charge in [0.15, 0.2) is 0 Å². The lowest BCUT2D eigenvalue weighted by atomic mass is 9.84. The molecule has 208 valence electrons. The number of furan rings is 2. The zero-order valence-electron chi connectivity index (χ0n) is 25.5. The van der Waals surface area contributed by atoms with Crippen LogP contribution in [-0.2, 0) is 17.3 Å². The van der Waals surface area contributed by atoms with Gasteiger partial charge in [0, 0.05) is 32.3 Å². The van der Waals surface area contributed by atoms with Gasteiger partial charge in [-0.25, -0.2) is 0 Å². The Hall–Kier alpha value is -4.30. The molecule has 0 aliphatic carbocycles. The molecule has 2 aromatic heterocycles. The third kappa shape index (κ3) is 3.45. The Bertz CT molecular complexity index is 2400. The first kappa shape index (κ1) is 25.4. The van der Waals surface area contributed by atoms with Crippen molar-refractivity contribution >= 4 is 76.2 Å². The van der Waals surface area contributed by atoms with E-state index in [4.69, 9.17) is 8.83 Å². The maximum Gasteiger partial charge on any atom is 0.144 e. The molecule has 0 aliphatic heterocycles. The lowest BCUT2D eigenvalue weighted by molar-refractivity contribution is 0.591. The topological polar surface area (TPSA) is 26.3 Å². The lowest BCUT2D eigenvalue weighted by Gasteiger charge is -2.20. The van der Waals surface area contributed by atoms with Crippen LogP contribution in [0.25, 0.3) is 76.2 Å². The van der Waals surface area contributed by atoms with Crippen molar-refractivity contribution in [2.75, 3.05) is 0 Å². The predicted molar refractivity (Wildman–Crippen MR) is 180 cm³/mol. The van der Waals surface area contributed by atoms with Gasteiger partial charge in [0.2, 0.25) is 0 Å². The summed E-state index contributed by atoms with van der Waals surface area (Å²) in [6.45, 7) is 15.9. The molecule has 0 amide bonds. The molecule has 2 heteroatoms. The molecule has 2 heterocycles. The molecule has 0 N–H and O–H groups in total. The first-order valence-electron chi connectivity index (χ1n) is 15.2. The third-order valence-electron chi connectivity index (χ3n) is 9.33. The van der Waals surface area contributed by atoms with Gasteiger partial charge in [-0.3, -0.25) is 0 Å².